The SMILES string of the molecule is Cc1ccc(NC(=O)CSc2nc(-c3ccccc3)cc(-c3ccc(Cl)cc3)c2C#N)cc1[N+](=O)[O-]. The fraction of sp³-hybridized carbons (Fsp3) is 0.0741. The Hall–Kier alpha value is -4.19. The van der Waals surface area contributed by atoms with Gasteiger partial charge in [-0.05, 0) is 36.8 Å². The summed E-state index contributed by atoms with van der Waals surface area (Å²) in [4.78, 5) is 28.1. The summed E-state index contributed by atoms with van der Waals surface area (Å²) in [7, 11) is 0. The molecule has 0 aliphatic rings. The van der Waals surface area contributed by atoms with Gasteiger partial charge in [0.1, 0.15) is 11.1 Å². The Morgan fingerprint density at radius 2 is 1.81 bits per heavy atom. The van der Waals surface area contributed by atoms with Crippen molar-refractivity contribution in [2.24, 2.45) is 0 Å². The lowest BCUT2D eigenvalue weighted by atomic mass is 9.99. The third kappa shape index (κ3) is 5.71. The highest BCUT2D eigenvalue weighted by Crippen LogP contribution is 2.34. The van der Waals surface area contributed by atoms with E-state index in [0.717, 1.165) is 22.9 Å². The maximum Gasteiger partial charge on any atom is 0.274 e. The van der Waals surface area contributed by atoms with Gasteiger partial charge in [0.2, 0.25) is 5.91 Å². The maximum atomic E-state index is 12.7. The number of nitro benzene ring substituents is 1. The number of anilines is 1. The number of carbonyl (C=O) groups excluding carboxylic acids is 1. The quantitative estimate of drug-likeness (QED) is 0.163. The van der Waals surface area contributed by atoms with Crippen LogP contribution in [0, 0.1) is 28.4 Å². The Kier molecular flexibility index (Phi) is 7.64. The summed E-state index contributed by atoms with van der Waals surface area (Å²) >= 11 is 7.18. The molecule has 0 atom stereocenters. The van der Waals surface area contributed by atoms with Crippen LogP contribution < -0.4 is 5.32 Å². The van der Waals surface area contributed by atoms with Crippen LogP contribution >= 0.6 is 23.4 Å². The molecule has 0 aliphatic carbocycles. The molecule has 0 bridgehead atoms. The van der Waals surface area contributed by atoms with Crippen molar-refractivity contribution < 1.29 is 9.72 Å². The fourth-order valence-electron chi connectivity index (χ4n) is 3.56. The number of amides is 1. The number of carbonyl (C=O) groups is 1. The summed E-state index contributed by atoms with van der Waals surface area (Å²) in [5, 5.41) is 24.9. The molecule has 9 heteroatoms. The molecule has 4 rings (SSSR count). The second-order valence-electron chi connectivity index (χ2n) is 7.82. The Balaban J connectivity index is 1.65. The summed E-state index contributed by atoms with van der Waals surface area (Å²) in [6, 6.07) is 25.3. The topological polar surface area (TPSA) is 109 Å². The minimum atomic E-state index is -0.490. The molecule has 178 valence electrons. The van der Waals surface area contributed by atoms with Crippen LogP contribution in [0.2, 0.25) is 5.02 Å². The van der Waals surface area contributed by atoms with Gasteiger partial charge in [-0.3, -0.25) is 14.9 Å². The van der Waals surface area contributed by atoms with E-state index in [2.05, 4.69) is 11.4 Å². The molecule has 4 aromatic rings. The van der Waals surface area contributed by atoms with Gasteiger partial charge in [0, 0.05) is 33.5 Å². The van der Waals surface area contributed by atoms with Crippen LogP contribution in [0.3, 0.4) is 0 Å². The minimum absolute atomic E-state index is 0.0400. The second kappa shape index (κ2) is 11.0. The second-order valence-corrected chi connectivity index (χ2v) is 9.22. The molecule has 0 fully saturated rings. The first kappa shape index (κ1) is 24.9. The molecular formula is C27H19ClN4O3S. The van der Waals surface area contributed by atoms with Gasteiger partial charge in [-0.15, -0.1) is 0 Å². The number of nitriles is 1. The highest BCUT2D eigenvalue weighted by atomic mass is 35.5. The van der Waals surface area contributed by atoms with E-state index in [4.69, 9.17) is 16.6 Å². The third-order valence-electron chi connectivity index (χ3n) is 5.35. The number of aromatic nitrogens is 1. The number of nitrogens with zero attached hydrogens (tertiary/aromatic N) is 3. The summed E-state index contributed by atoms with van der Waals surface area (Å²) in [5.74, 6) is -0.413. The average Bonchev–Trinajstić information content (AvgIpc) is 2.89. The number of thioether (sulfide) groups is 1. The van der Waals surface area contributed by atoms with Crippen molar-refractivity contribution in [1.82, 2.24) is 4.98 Å². The van der Waals surface area contributed by atoms with E-state index in [1.807, 2.05) is 48.5 Å². The number of halogens is 1. The Morgan fingerprint density at radius 1 is 1.08 bits per heavy atom. The Morgan fingerprint density at radius 3 is 2.47 bits per heavy atom. The van der Waals surface area contributed by atoms with Crippen molar-refractivity contribution in [2.45, 2.75) is 11.9 Å². The van der Waals surface area contributed by atoms with Crippen molar-refractivity contribution in [3.05, 3.63) is 105 Å². The summed E-state index contributed by atoms with van der Waals surface area (Å²) < 4.78 is 0. The molecule has 1 N–H and O–H groups in total. The molecule has 0 saturated carbocycles. The zero-order valence-corrected chi connectivity index (χ0v) is 20.6. The number of rotatable bonds is 7. The van der Waals surface area contributed by atoms with Crippen molar-refractivity contribution in [3.63, 3.8) is 0 Å². The van der Waals surface area contributed by atoms with Crippen molar-refractivity contribution >= 4 is 40.6 Å². The maximum absolute atomic E-state index is 12.7. The first-order valence-electron chi connectivity index (χ1n) is 10.8. The van der Waals surface area contributed by atoms with E-state index < -0.39 is 4.92 Å². The highest BCUT2D eigenvalue weighted by Gasteiger charge is 2.18. The molecule has 0 saturated heterocycles. The van der Waals surface area contributed by atoms with E-state index in [9.17, 15) is 20.2 Å². The van der Waals surface area contributed by atoms with Crippen molar-refractivity contribution in [3.8, 4) is 28.5 Å². The molecule has 0 unspecified atom stereocenters. The van der Waals surface area contributed by atoms with Gasteiger partial charge < -0.3 is 5.32 Å². The van der Waals surface area contributed by atoms with Crippen LogP contribution in [-0.2, 0) is 4.79 Å². The molecule has 1 amide bonds. The minimum Gasteiger partial charge on any atom is -0.325 e. The zero-order valence-electron chi connectivity index (χ0n) is 19.1. The molecule has 1 heterocycles. The lowest BCUT2D eigenvalue weighted by molar-refractivity contribution is -0.385. The molecule has 3 aromatic carbocycles. The first-order chi connectivity index (χ1) is 17.4. The van der Waals surface area contributed by atoms with Gasteiger partial charge >= 0.3 is 0 Å². The van der Waals surface area contributed by atoms with Gasteiger partial charge in [-0.1, -0.05) is 71.9 Å². The third-order valence-corrected chi connectivity index (χ3v) is 6.58. The Bertz CT molecular complexity index is 1490. The number of nitrogens with one attached hydrogen (secondary N) is 1. The van der Waals surface area contributed by atoms with Gasteiger partial charge in [0.05, 0.1) is 21.9 Å². The van der Waals surface area contributed by atoms with E-state index in [0.29, 0.717) is 38.1 Å². The van der Waals surface area contributed by atoms with Crippen molar-refractivity contribution in [2.75, 3.05) is 11.1 Å². The average molecular weight is 515 g/mol. The first-order valence-corrected chi connectivity index (χ1v) is 12.2. The molecule has 0 radical (unpaired) electrons. The molecule has 1 aromatic heterocycles. The van der Waals surface area contributed by atoms with Crippen LogP contribution in [0.15, 0.2) is 83.9 Å². The molecule has 0 aliphatic heterocycles. The number of aryl methyl sites for hydroxylation is 1. The van der Waals surface area contributed by atoms with Crippen LogP contribution in [-0.4, -0.2) is 21.6 Å². The number of hydrogen-bond acceptors (Lipinski definition) is 6. The van der Waals surface area contributed by atoms with Crippen LogP contribution in [0.4, 0.5) is 11.4 Å². The number of hydrogen-bond donors (Lipinski definition) is 1. The monoisotopic (exact) mass is 514 g/mol. The molecular weight excluding hydrogens is 496 g/mol. The van der Waals surface area contributed by atoms with Crippen LogP contribution in [0.25, 0.3) is 22.4 Å². The largest absolute Gasteiger partial charge is 0.325 e. The number of benzene rings is 3. The van der Waals surface area contributed by atoms with Gasteiger partial charge in [-0.25, -0.2) is 4.98 Å². The summed E-state index contributed by atoms with van der Waals surface area (Å²) in [6.07, 6.45) is 0. The zero-order chi connectivity index (χ0) is 25.7. The highest BCUT2D eigenvalue weighted by molar-refractivity contribution is 8.00. The van der Waals surface area contributed by atoms with Gasteiger partial charge in [-0.2, -0.15) is 5.26 Å². The number of nitro groups is 1. The van der Waals surface area contributed by atoms with Crippen molar-refractivity contribution in [1.29, 1.82) is 5.26 Å². The van der Waals surface area contributed by atoms with Gasteiger partial charge in [0.15, 0.2) is 0 Å². The fourth-order valence-corrected chi connectivity index (χ4v) is 4.49. The van der Waals surface area contributed by atoms with E-state index >= 15 is 0 Å². The lowest BCUT2D eigenvalue weighted by Crippen LogP contribution is -2.14. The standard InChI is InChI=1S/C27H19ClN4O3S/c1-17-7-12-21(13-25(17)32(34)35)30-26(33)16-36-27-23(15-29)22(18-8-10-20(28)11-9-18)14-24(31-27)19-5-3-2-4-6-19/h2-14H,16H2,1H3,(H,30,33). The van der Waals surface area contributed by atoms with Crippen LogP contribution in [0.5, 0.6) is 0 Å². The van der Waals surface area contributed by atoms with E-state index in [1.54, 1.807) is 31.2 Å². The smallest absolute Gasteiger partial charge is 0.274 e. The number of pyridine rings is 1. The lowest BCUT2D eigenvalue weighted by Gasteiger charge is -2.13. The van der Waals surface area contributed by atoms with E-state index in [1.165, 1.54) is 6.07 Å². The normalized spacial score (nSPS) is 10.5. The molecule has 36 heavy (non-hydrogen) atoms. The predicted molar refractivity (Wildman–Crippen MR) is 142 cm³/mol. The van der Waals surface area contributed by atoms with Crippen LogP contribution in [0.1, 0.15) is 11.1 Å². The van der Waals surface area contributed by atoms with E-state index in [-0.39, 0.29) is 17.3 Å². The Labute approximate surface area is 216 Å². The summed E-state index contributed by atoms with van der Waals surface area (Å²) in [5.41, 5.74) is 4.12. The van der Waals surface area contributed by atoms with Gasteiger partial charge in [0.25, 0.3) is 5.69 Å². The summed E-state index contributed by atoms with van der Waals surface area (Å²) in [6.45, 7) is 1.63. The molecule has 7 nitrogen and oxygen atoms in total. The molecule has 0 spiro atoms. The predicted octanol–water partition coefficient (Wildman–Crippen LogP) is 6.89.